The van der Waals surface area contributed by atoms with Gasteiger partial charge in [0.05, 0.1) is 6.10 Å². The fourth-order valence-electron chi connectivity index (χ4n) is 2.54. The fourth-order valence-corrected chi connectivity index (χ4v) is 2.54. The summed E-state index contributed by atoms with van der Waals surface area (Å²) < 4.78 is 5.54. The summed E-state index contributed by atoms with van der Waals surface area (Å²) in [7, 11) is 0. The molecule has 0 aromatic carbocycles. The summed E-state index contributed by atoms with van der Waals surface area (Å²) in [6.45, 7) is 2.94. The van der Waals surface area contributed by atoms with E-state index in [0.717, 1.165) is 18.4 Å². The normalized spacial score (nSPS) is 33.9. The molecule has 82 valence electrons. The SMILES string of the molecule is CCOC1CC(CC(N)CC2CC2)C1. The van der Waals surface area contributed by atoms with E-state index in [9.17, 15) is 0 Å². The monoisotopic (exact) mass is 197 g/mol. The van der Waals surface area contributed by atoms with Crippen LogP contribution in [0.4, 0.5) is 0 Å². The van der Waals surface area contributed by atoms with Crippen molar-refractivity contribution in [2.45, 2.75) is 57.6 Å². The molecule has 0 radical (unpaired) electrons. The Balaban J connectivity index is 1.53. The highest BCUT2D eigenvalue weighted by Gasteiger charge is 2.32. The van der Waals surface area contributed by atoms with Gasteiger partial charge in [-0.1, -0.05) is 12.8 Å². The van der Waals surface area contributed by atoms with Crippen LogP contribution in [0.5, 0.6) is 0 Å². The molecule has 1 unspecified atom stereocenters. The molecule has 0 bridgehead atoms. The second-order valence-electron chi connectivity index (χ2n) is 5.09. The number of ether oxygens (including phenoxy) is 1. The van der Waals surface area contributed by atoms with Gasteiger partial charge in [-0.15, -0.1) is 0 Å². The topological polar surface area (TPSA) is 35.2 Å². The van der Waals surface area contributed by atoms with Crippen molar-refractivity contribution in [3.63, 3.8) is 0 Å². The molecule has 14 heavy (non-hydrogen) atoms. The van der Waals surface area contributed by atoms with Crippen LogP contribution in [0.3, 0.4) is 0 Å². The molecule has 0 amide bonds. The van der Waals surface area contributed by atoms with E-state index in [0.29, 0.717) is 12.1 Å². The summed E-state index contributed by atoms with van der Waals surface area (Å²) >= 11 is 0. The maximum Gasteiger partial charge on any atom is 0.0580 e. The van der Waals surface area contributed by atoms with Crippen LogP contribution in [0.2, 0.25) is 0 Å². The summed E-state index contributed by atoms with van der Waals surface area (Å²) in [5.74, 6) is 1.84. The Labute approximate surface area is 87.2 Å². The molecule has 0 aromatic heterocycles. The Morgan fingerprint density at radius 2 is 1.86 bits per heavy atom. The Kier molecular flexibility index (Phi) is 3.45. The smallest absolute Gasteiger partial charge is 0.0580 e. The Bertz CT molecular complexity index is 173. The lowest BCUT2D eigenvalue weighted by Gasteiger charge is -2.36. The van der Waals surface area contributed by atoms with E-state index in [2.05, 4.69) is 6.92 Å². The van der Waals surface area contributed by atoms with Gasteiger partial charge in [-0.2, -0.15) is 0 Å². The number of rotatable bonds is 6. The van der Waals surface area contributed by atoms with Crippen molar-refractivity contribution in [3.8, 4) is 0 Å². The standard InChI is InChI=1S/C12H23NO/c1-2-14-12-7-10(8-12)6-11(13)5-9-3-4-9/h9-12H,2-8,13H2,1H3. The summed E-state index contributed by atoms with van der Waals surface area (Å²) in [5, 5.41) is 0. The van der Waals surface area contributed by atoms with Gasteiger partial charge in [0.25, 0.3) is 0 Å². The van der Waals surface area contributed by atoms with Gasteiger partial charge < -0.3 is 10.5 Å². The molecule has 2 fully saturated rings. The summed E-state index contributed by atoms with van der Waals surface area (Å²) in [6, 6.07) is 0.468. The minimum absolute atomic E-state index is 0.468. The van der Waals surface area contributed by atoms with Gasteiger partial charge in [0.1, 0.15) is 0 Å². The van der Waals surface area contributed by atoms with E-state index in [1.165, 1.54) is 38.5 Å². The first-order valence-electron chi connectivity index (χ1n) is 6.15. The van der Waals surface area contributed by atoms with Crippen molar-refractivity contribution in [1.82, 2.24) is 0 Å². The first-order valence-corrected chi connectivity index (χ1v) is 6.15. The zero-order chi connectivity index (χ0) is 9.97. The van der Waals surface area contributed by atoms with Crippen molar-refractivity contribution < 1.29 is 4.74 Å². The lowest BCUT2D eigenvalue weighted by molar-refractivity contribution is -0.0283. The highest BCUT2D eigenvalue weighted by Crippen LogP contribution is 2.37. The minimum Gasteiger partial charge on any atom is -0.378 e. The van der Waals surface area contributed by atoms with Gasteiger partial charge in [0, 0.05) is 12.6 Å². The zero-order valence-electron chi connectivity index (χ0n) is 9.24. The van der Waals surface area contributed by atoms with E-state index in [1.54, 1.807) is 0 Å². The van der Waals surface area contributed by atoms with Gasteiger partial charge in [0.2, 0.25) is 0 Å². The van der Waals surface area contributed by atoms with Crippen LogP contribution >= 0.6 is 0 Å². The molecule has 1 atom stereocenters. The molecule has 2 heteroatoms. The molecular formula is C12H23NO. The Morgan fingerprint density at radius 1 is 1.21 bits per heavy atom. The lowest BCUT2D eigenvalue weighted by Crippen LogP contribution is -2.36. The van der Waals surface area contributed by atoms with Crippen molar-refractivity contribution in [1.29, 1.82) is 0 Å². The molecule has 0 aromatic rings. The quantitative estimate of drug-likeness (QED) is 0.709. The maximum atomic E-state index is 6.10. The van der Waals surface area contributed by atoms with Gasteiger partial charge in [-0.3, -0.25) is 0 Å². The van der Waals surface area contributed by atoms with Crippen LogP contribution in [-0.2, 0) is 4.74 Å². The first-order chi connectivity index (χ1) is 6.78. The van der Waals surface area contributed by atoms with E-state index in [-0.39, 0.29) is 0 Å². The predicted octanol–water partition coefficient (Wildman–Crippen LogP) is 2.32. The summed E-state index contributed by atoms with van der Waals surface area (Å²) in [6.07, 6.45) is 8.44. The molecule has 0 aliphatic heterocycles. The molecule has 2 rings (SSSR count). The number of nitrogens with two attached hydrogens (primary N) is 1. The van der Waals surface area contributed by atoms with Gasteiger partial charge in [-0.05, 0) is 44.4 Å². The van der Waals surface area contributed by atoms with Crippen molar-refractivity contribution in [3.05, 3.63) is 0 Å². The van der Waals surface area contributed by atoms with E-state index < -0.39 is 0 Å². The molecule has 0 saturated heterocycles. The molecule has 2 saturated carbocycles. The molecule has 0 spiro atoms. The third kappa shape index (κ3) is 2.96. The minimum atomic E-state index is 0.468. The second-order valence-corrected chi connectivity index (χ2v) is 5.09. The second kappa shape index (κ2) is 4.63. The average molecular weight is 197 g/mol. The average Bonchev–Trinajstić information content (AvgIpc) is 2.84. The molecule has 2 nitrogen and oxygen atoms in total. The molecule has 2 aliphatic rings. The highest BCUT2D eigenvalue weighted by atomic mass is 16.5. The van der Waals surface area contributed by atoms with Gasteiger partial charge in [-0.25, -0.2) is 0 Å². The van der Waals surface area contributed by atoms with E-state index >= 15 is 0 Å². The Morgan fingerprint density at radius 3 is 2.43 bits per heavy atom. The van der Waals surface area contributed by atoms with Crippen LogP contribution in [0.25, 0.3) is 0 Å². The predicted molar refractivity (Wildman–Crippen MR) is 58.1 cm³/mol. The molecular weight excluding hydrogens is 174 g/mol. The number of hydrogen-bond acceptors (Lipinski definition) is 2. The van der Waals surface area contributed by atoms with Crippen molar-refractivity contribution >= 4 is 0 Å². The van der Waals surface area contributed by atoms with E-state index in [4.69, 9.17) is 10.5 Å². The van der Waals surface area contributed by atoms with Crippen molar-refractivity contribution in [2.24, 2.45) is 17.6 Å². The van der Waals surface area contributed by atoms with Crippen LogP contribution in [0, 0.1) is 11.8 Å². The highest BCUT2D eigenvalue weighted by molar-refractivity contribution is 4.85. The van der Waals surface area contributed by atoms with Crippen LogP contribution in [0.1, 0.15) is 45.4 Å². The largest absolute Gasteiger partial charge is 0.378 e. The summed E-state index contributed by atoms with van der Waals surface area (Å²) in [4.78, 5) is 0. The van der Waals surface area contributed by atoms with Crippen LogP contribution in [0.15, 0.2) is 0 Å². The third-order valence-electron chi connectivity index (χ3n) is 3.56. The van der Waals surface area contributed by atoms with Crippen LogP contribution < -0.4 is 5.73 Å². The summed E-state index contributed by atoms with van der Waals surface area (Å²) in [5.41, 5.74) is 6.10. The molecule has 0 heterocycles. The molecule has 2 N–H and O–H groups in total. The van der Waals surface area contributed by atoms with Crippen molar-refractivity contribution in [2.75, 3.05) is 6.61 Å². The van der Waals surface area contributed by atoms with Crippen LogP contribution in [-0.4, -0.2) is 18.8 Å². The Hall–Kier alpha value is -0.0800. The third-order valence-corrected chi connectivity index (χ3v) is 3.56. The molecule has 2 aliphatic carbocycles. The number of hydrogen-bond donors (Lipinski definition) is 1. The zero-order valence-corrected chi connectivity index (χ0v) is 9.24. The fraction of sp³-hybridized carbons (Fsp3) is 1.00. The van der Waals surface area contributed by atoms with Gasteiger partial charge >= 0.3 is 0 Å². The van der Waals surface area contributed by atoms with Gasteiger partial charge in [0.15, 0.2) is 0 Å². The van der Waals surface area contributed by atoms with E-state index in [1.807, 2.05) is 0 Å². The lowest BCUT2D eigenvalue weighted by atomic mass is 9.77. The first kappa shape index (κ1) is 10.4. The maximum absolute atomic E-state index is 6.10.